The lowest BCUT2D eigenvalue weighted by molar-refractivity contribution is 0.415. The number of benzene rings is 1. The number of ether oxygens (including phenoxy) is 1. The number of hydrogen-bond donors (Lipinski definition) is 1. The Hall–Kier alpha value is -1.84. The normalized spacial score (nSPS) is 9.92. The molecule has 0 bridgehead atoms. The highest BCUT2D eigenvalue weighted by Gasteiger charge is 1.99. The number of H-pyrrole nitrogens is 1. The molecule has 4 nitrogen and oxygen atoms in total. The summed E-state index contributed by atoms with van der Waals surface area (Å²) in [5.41, 5.74) is 0.998. The van der Waals surface area contributed by atoms with Crippen LogP contribution in [0.2, 0.25) is 0 Å². The van der Waals surface area contributed by atoms with Crippen LogP contribution in [0, 0.1) is 0 Å². The molecule has 0 atom stereocenters. The number of nitrogens with one attached hydrogen (secondary N) is 1. The Morgan fingerprint density at radius 1 is 1.23 bits per heavy atom. The van der Waals surface area contributed by atoms with Crippen molar-refractivity contribution in [2.75, 3.05) is 7.11 Å². The van der Waals surface area contributed by atoms with Gasteiger partial charge >= 0.3 is 0 Å². The van der Waals surface area contributed by atoms with Crippen molar-refractivity contribution in [2.45, 2.75) is 0 Å². The van der Waals surface area contributed by atoms with Gasteiger partial charge in [0, 0.05) is 5.56 Å². The first-order valence-electron chi connectivity index (χ1n) is 3.90. The van der Waals surface area contributed by atoms with Crippen molar-refractivity contribution in [1.82, 2.24) is 15.2 Å². The summed E-state index contributed by atoms with van der Waals surface area (Å²) in [5.74, 6) is 1.60. The van der Waals surface area contributed by atoms with Gasteiger partial charge in [0.25, 0.3) is 0 Å². The second-order valence-electron chi connectivity index (χ2n) is 2.56. The van der Waals surface area contributed by atoms with Gasteiger partial charge in [0.05, 0.1) is 7.11 Å². The molecule has 0 fully saturated rings. The molecular weight excluding hydrogens is 166 g/mol. The fourth-order valence-electron chi connectivity index (χ4n) is 1.09. The quantitative estimate of drug-likeness (QED) is 0.752. The molecule has 0 amide bonds. The summed E-state index contributed by atoms with van der Waals surface area (Å²) in [6.07, 6.45) is 1.49. The first-order chi connectivity index (χ1) is 6.40. The molecule has 0 radical (unpaired) electrons. The van der Waals surface area contributed by atoms with E-state index in [1.807, 2.05) is 24.3 Å². The van der Waals surface area contributed by atoms with Crippen molar-refractivity contribution < 1.29 is 4.74 Å². The molecule has 0 aliphatic carbocycles. The third-order valence-electron chi connectivity index (χ3n) is 1.78. The molecule has 13 heavy (non-hydrogen) atoms. The highest BCUT2D eigenvalue weighted by atomic mass is 16.5. The molecule has 0 saturated heterocycles. The van der Waals surface area contributed by atoms with Crippen LogP contribution in [0.3, 0.4) is 0 Å². The molecule has 4 heteroatoms. The third kappa shape index (κ3) is 1.51. The summed E-state index contributed by atoms with van der Waals surface area (Å²) < 4.78 is 5.04. The van der Waals surface area contributed by atoms with Gasteiger partial charge in [-0.25, -0.2) is 4.98 Å². The largest absolute Gasteiger partial charge is 0.497 e. The lowest BCUT2D eigenvalue weighted by Crippen LogP contribution is -1.83. The van der Waals surface area contributed by atoms with Crippen LogP contribution >= 0.6 is 0 Å². The molecule has 0 aliphatic heterocycles. The standard InChI is InChI=1S/C9H9N3O/c1-13-8-4-2-7(3-5-8)9-10-6-11-12-9/h2-6H,1H3,(H,10,11,12). The maximum atomic E-state index is 5.04. The van der Waals surface area contributed by atoms with Crippen molar-refractivity contribution in [3.8, 4) is 17.1 Å². The highest BCUT2D eigenvalue weighted by Crippen LogP contribution is 2.17. The first kappa shape index (κ1) is 7.79. The highest BCUT2D eigenvalue weighted by molar-refractivity contribution is 5.55. The van der Waals surface area contributed by atoms with Crippen LogP contribution in [0.5, 0.6) is 5.75 Å². The smallest absolute Gasteiger partial charge is 0.155 e. The van der Waals surface area contributed by atoms with Crippen molar-refractivity contribution in [3.05, 3.63) is 30.6 Å². The van der Waals surface area contributed by atoms with Crippen LogP contribution in [0.4, 0.5) is 0 Å². The summed E-state index contributed by atoms with van der Waals surface area (Å²) in [6.45, 7) is 0. The van der Waals surface area contributed by atoms with E-state index in [2.05, 4.69) is 15.2 Å². The van der Waals surface area contributed by atoms with Crippen LogP contribution in [0.15, 0.2) is 30.6 Å². The minimum atomic E-state index is 0.766. The van der Waals surface area contributed by atoms with Gasteiger partial charge in [-0.1, -0.05) is 0 Å². The van der Waals surface area contributed by atoms with Gasteiger partial charge in [-0.2, -0.15) is 5.10 Å². The van der Waals surface area contributed by atoms with Gasteiger partial charge in [0.1, 0.15) is 12.1 Å². The van der Waals surface area contributed by atoms with E-state index in [0.717, 1.165) is 17.1 Å². The number of nitrogens with zero attached hydrogens (tertiary/aromatic N) is 2. The number of methoxy groups -OCH3 is 1. The van der Waals surface area contributed by atoms with Gasteiger partial charge in [-0.3, -0.25) is 5.10 Å². The SMILES string of the molecule is COc1ccc(-c2ncn[nH]2)cc1. The monoisotopic (exact) mass is 175 g/mol. The van der Waals surface area contributed by atoms with Crippen LogP contribution in [0.1, 0.15) is 0 Å². The number of aromatic amines is 1. The fraction of sp³-hybridized carbons (Fsp3) is 0.111. The van der Waals surface area contributed by atoms with E-state index in [1.165, 1.54) is 6.33 Å². The molecule has 2 rings (SSSR count). The Kier molecular flexibility index (Phi) is 1.96. The first-order valence-corrected chi connectivity index (χ1v) is 3.90. The number of rotatable bonds is 2. The van der Waals surface area contributed by atoms with Crippen LogP contribution in [0.25, 0.3) is 11.4 Å². The summed E-state index contributed by atoms with van der Waals surface area (Å²) in [6, 6.07) is 7.63. The van der Waals surface area contributed by atoms with Crippen LogP contribution in [-0.4, -0.2) is 22.3 Å². The molecule has 0 saturated carbocycles. The Morgan fingerprint density at radius 3 is 2.54 bits per heavy atom. The minimum absolute atomic E-state index is 0.766. The lowest BCUT2D eigenvalue weighted by atomic mass is 10.2. The van der Waals surface area contributed by atoms with E-state index >= 15 is 0 Å². The van der Waals surface area contributed by atoms with Crippen molar-refractivity contribution in [3.63, 3.8) is 0 Å². The Labute approximate surface area is 75.6 Å². The molecule has 0 unspecified atom stereocenters. The summed E-state index contributed by atoms with van der Waals surface area (Å²) in [5, 5.41) is 6.56. The Bertz CT molecular complexity index is 366. The van der Waals surface area contributed by atoms with Crippen LogP contribution < -0.4 is 4.74 Å². The predicted octanol–water partition coefficient (Wildman–Crippen LogP) is 1.48. The summed E-state index contributed by atoms with van der Waals surface area (Å²) in [4.78, 5) is 4.03. The molecule has 66 valence electrons. The predicted molar refractivity (Wildman–Crippen MR) is 48.4 cm³/mol. The Balaban J connectivity index is 2.33. The molecule has 0 aliphatic rings. The molecular formula is C9H9N3O. The maximum Gasteiger partial charge on any atom is 0.155 e. The van der Waals surface area contributed by atoms with E-state index in [1.54, 1.807) is 7.11 Å². The molecule has 1 N–H and O–H groups in total. The fourth-order valence-corrected chi connectivity index (χ4v) is 1.09. The van der Waals surface area contributed by atoms with Gasteiger partial charge in [0.15, 0.2) is 5.82 Å². The summed E-state index contributed by atoms with van der Waals surface area (Å²) in [7, 11) is 1.64. The number of aromatic nitrogens is 3. The molecule has 1 heterocycles. The van der Waals surface area contributed by atoms with E-state index in [-0.39, 0.29) is 0 Å². The van der Waals surface area contributed by atoms with E-state index < -0.39 is 0 Å². The van der Waals surface area contributed by atoms with E-state index in [0.29, 0.717) is 0 Å². The van der Waals surface area contributed by atoms with Crippen molar-refractivity contribution in [2.24, 2.45) is 0 Å². The molecule has 2 aromatic rings. The molecule has 1 aromatic carbocycles. The maximum absolute atomic E-state index is 5.04. The zero-order valence-electron chi connectivity index (χ0n) is 7.19. The number of hydrogen-bond acceptors (Lipinski definition) is 3. The zero-order chi connectivity index (χ0) is 9.10. The van der Waals surface area contributed by atoms with Crippen molar-refractivity contribution in [1.29, 1.82) is 0 Å². The Morgan fingerprint density at radius 2 is 2.00 bits per heavy atom. The van der Waals surface area contributed by atoms with Gasteiger partial charge in [-0.05, 0) is 24.3 Å². The van der Waals surface area contributed by atoms with E-state index in [9.17, 15) is 0 Å². The summed E-state index contributed by atoms with van der Waals surface area (Å²) >= 11 is 0. The third-order valence-corrected chi connectivity index (χ3v) is 1.78. The zero-order valence-corrected chi connectivity index (χ0v) is 7.19. The second kappa shape index (κ2) is 3.26. The van der Waals surface area contributed by atoms with Crippen molar-refractivity contribution >= 4 is 0 Å². The van der Waals surface area contributed by atoms with Gasteiger partial charge < -0.3 is 4.74 Å². The average Bonchev–Trinajstić information content (AvgIpc) is 2.71. The topological polar surface area (TPSA) is 50.8 Å². The molecule has 1 aromatic heterocycles. The van der Waals surface area contributed by atoms with Crippen LogP contribution in [-0.2, 0) is 0 Å². The second-order valence-corrected chi connectivity index (χ2v) is 2.56. The van der Waals surface area contributed by atoms with Gasteiger partial charge in [-0.15, -0.1) is 0 Å². The average molecular weight is 175 g/mol. The molecule has 0 spiro atoms. The minimum Gasteiger partial charge on any atom is -0.497 e. The van der Waals surface area contributed by atoms with Gasteiger partial charge in [0.2, 0.25) is 0 Å². The lowest BCUT2D eigenvalue weighted by Gasteiger charge is -1.99. The van der Waals surface area contributed by atoms with E-state index in [4.69, 9.17) is 4.74 Å².